The second kappa shape index (κ2) is 6.07. The quantitative estimate of drug-likeness (QED) is 0.812. The average molecular weight is 361 g/mol. The zero-order valence-corrected chi connectivity index (χ0v) is 14.2. The number of fused-ring (bicyclic) bond motifs is 1. The van der Waals surface area contributed by atoms with E-state index in [1.54, 1.807) is 23.1 Å². The van der Waals surface area contributed by atoms with Gasteiger partial charge in [-0.3, -0.25) is 14.7 Å². The smallest absolute Gasteiger partial charge is 0.273 e. The highest BCUT2D eigenvalue weighted by Gasteiger charge is 2.42. The molecule has 1 saturated heterocycles. The van der Waals surface area contributed by atoms with Gasteiger partial charge in [0.05, 0.1) is 29.9 Å². The second-order valence-corrected chi connectivity index (χ2v) is 6.79. The zero-order valence-electron chi connectivity index (χ0n) is 13.4. The summed E-state index contributed by atoms with van der Waals surface area (Å²) in [7, 11) is 0. The average Bonchev–Trinajstić information content (AvgIpc) is 3.00. The molecule has 2 amide bonds. The Hall–Kier alpha value is -2.54. The summed E-state index contributed by atoms with van der Waals surface area (Å²) in [4.78, 5) is 26.7. The minimum atomic E-state index is -0.650. The number of benzene rings is 1. The molecule has 2 aliphatic rings. The second-order valence-electron chi connectivity index (χ2n) is 6.39. The van der Waals surface area contributed by atoms with Crippen LogP contribution in [0, 0.1) is 0 Å². The number of halogens is 1. The predicted molar refractivity (Wildman–Crippen MR) is 90.9 cm³/mol. The SMILES string of the molecule is O=C1NCC2(CCCN(C(=O)c3[nH]ncc3Cl)C2)Oc2ccccc21. The summed E-state index contributed by atoms with van der Waals surface area (Å²) >= 11 is 6.01. The molecule has 0 aliphatic carbocycles. The molecule has 0 bridgehead atoms. The molecule has 2 N–H and O–H groups in total. The van der Waals surface area contributed by atoms with E-state index >= 15 is 0 Å². The van der Waals surface area contributed by atoms with E-state index in [0.29, 0.717) is 36.0 Å². The zero-order chi connectivity index (χ0) is 17.4. The number of para-hydroxylation sites is 1. The van der Waals surface area contributed by atoms with Gasteiger partial charge in [-0.05, 0) is 25.0 Å². The molecule has 130 valence electrons. The molecule has 25 heavy (non-hydrogen) atoms. The van der Waals surface area contributed by atoms with Gasteiger partial charge in [0.1, 0.15) is 17.0 Å². The molecule has 7 nitrogen and oxygen atoms in total. The number of aromatic nitrogens is 2. The van der Waals surface area contributed by atoms with E-state index in [1.807, 2.05) is 6.07 Å². The van der Waals surface area contributed by atoms with Gasteiger partial charge in [0.2, 0.25) is 0 Å². The lowest BCUT2D eigenvalue weighted by Gasteiger charge is -2.41. The van der Waals surface area contributed by atoms with Crippen LogP contribution in [0.15, 0.2) is 30.5 Å². The summed E-state index contributed by atoms with van der Waals surface area (Å²) in [6, 6.07) is 7.16. The molecule has 1 atom stereocenters. The van der Waals surface area contributed by atoms with Gasteiger partial charge >= 0.3 is 0 Å². The summed E-state index contributed by atoms with van der Waals surface area (Å²) in [5.41, 5.74) is 0.138. The van der Waals surface area contributed by atoms with Crippen molar-refractivity contribution in [2.24, 2.45) is 0 Å². The van der Waals surface area contributed by atoms with Crippen molar-refractivity contribution >= 4 is 23.4 Å². The van der Waals surface area contributed by atoms with Crippen molar-refractivity contribution in [3.8, 4) is 5.75 Å². The van der Waals surface area contributed by atoms with E-state index in [1.165, 1.54) is 6.20 Å². The van der Waals surface area contributed by atoms with Crippen LogP contribution in [0.4, 0.5) is 0 Å². The Morgan fingerprint density at radius 3 is 3.00 bits per heavy atom. The van der Waals surface area contributed by atoms with Crippen molar-refractivity contribution in [1.82, 2.24) is 20.4 Å². The Labute approximate surface area is 149 Å². The Kier molecular flexibility index (Phi) is 3.88. The number of nitrogens with zero attached hydrogens (tertiary/aromatic N) is 2. The Balaban J connectivity index is 1.61. The molecule has 3 heterocycles. The molecule has 1 unspecified atom stereocenters. The number of carbonyl (C=O) groups excluding carboxylic acids is 2. The van der Waals surface area contributed by atoms with E-state index in [-0.39, 0.29) is 17.5 Å². The van der Waals surface area contributed by atoms with Crippen molar-refractivity contribution in [3.63, 3.8) is 0 Å². The highest BCUT2D eigenvalue weighted by Crippen LogP contribution is 2.32. The van der Waals surface area contributed by atoms with Crippen LogP contribution < -0.4 is 10.1 Å². The summed E-state index contributed by atoms with van der Waals surface area (Å²) in [5, 5.41) is 9.66. The maximum Gasteiger partial charge on any atom is 0.273 e. The lowest BCUT2D eigenvalue weighted by molar-refractivity contribution is -0.00108. The first kappa shape index (κ1) is 16.0. The van der Waals surface area contributed by atoms with Gasteiger partial charge in [-0.2, -0.15) is 5.10 Å². The van der Waals surface area contributed by atoms with Crippen LogP contribution in [0.3, 0.4) is 0 Å². The molecule has 4 rings (SSSR count). The van der Waals surface area contributed by atoms with Crippen LogP contribution in [0.5, 0.6) is 5.75 Å². The number of likely N-dealkylation sites (tertiary alicyclic amines) is 1. The minimum Gasteiger partial charge on any atom is -0.483 e. The maximum atomic E-state index is 12.7. The fourth-order valence-electron chi connectivity index (χ4n) is 3.43. The number of nitrogens with one attached hydrogen (secondary N) is 2. The van der Waals surface area contributed by atoms with E-state index < -0.39 is 5.60 Å². The number of H-pyrrole nitrogens is 1. The number of aromatic amines is 1. The van der Waals surface area contributed by atoms with Crippen LogP contribution >= 0.6 is 11.6 Å². The van der Waals surface area contributed by atoms with Crippen LogP contribution in [-0.4, -0.2) is 52.1 Å². The van der Waals surface area contributed by atoms with Gasteiger partial charge in [-0.1, -0.05) is 23.7 Å². The number of carbonyl (C=O) groups is 2. The van der Waals surface area contributed by atoms with Crippen LogP contribution in [0.25, 0.3) is 0 Å². The van der Waals surface area contributed by atoms with E-state index in [9.17, 15) is 9.59 Å². The standard InChI is InChI=1S/C17H17ClN4O3/c18-12-8-20-21-14(12)16(24)22-7-3-6-17(10-22)9-19-15(23)11-4-1-2-5-13(11)25-17/h1-2,4-5,8H,3,6-7,9-10H2,(H,19,23)(H,20,21). The van der Waals surface area contributed by atoms with Crippen molar-refractivity contribution in [3.05, 3.63) is 46.7 Å². The number of hydrogen-bond acceptors (Lipinski definition) is 4. The van der Waals surface area contributed by atoms with Crippen molar-refractivity contribution in [2.75, 3.05) is 19.6 Å². The monoisotopic (exact) mass is 360 g/mol. The van der Waals surface area contributed by atoms with Gasteiger partial charge in [0.15, 0.2) is 0 Å². The van der Waals surface area contributed by atoms with E-state index in [4.69, 9.17) is 16.3 Å². The fourth-order valence-corrected chi connectivity index (χ4v) is 3.60. The lowest BCUT2D eigenvalue weighted by atomic mass is 9.92. The molecule has 1 aromatic carbocycles. The molecule has 1 spiro atoms. The van der Waals surface area contributed by atoms with Gasteiger partial charge in [0, 0.05) is 6.54 Å². The van der Waals surface area contributed by atoms with Crippen LogP contribution in [0.2, 0.25) is 5.02 Å². The molecule has 2 aromatic rings. The predicted octanol–water partition coefficient (Wildman–Crippen LogP) is 1.86. The first-order valence-corrected chi connectivity index (χ1v) is 8.50. The third kappa shape index (κ3) is 2.84. The Morgan fingerprint density at radius 2 is 2.20 bits per heavy atom. The number of rotatable bonds is 1. The first-order valence-electron chi connectivity index (χ1n) is 8.12. The molecular formula is C17H17ClN4O3. The summed E-state index contributed by atoms with van der Waals surface area (Å²) in [6.07, 6.45) is 2.94. The molecule has 1 fully saturated rings. The largest absolute Gasteiger partial charge is 0.483 e. The normalized spacial score (nSPS) is 22.8. The Morgan fingerprint density at radius 1 is 1.36 bits per heavy atom. The molecular weight excluding hydrogens is 344 g/mol. The highest BCUT2D eigenvalue weighted by molar-refractivity contribution is 6.33. The number of hydrogen-bond donors (Lipinski definition) is 2. The highest BCUT2D eigenvalue weighted by atomic mass is 35.5. The van der Waals surface area contributed by atoms with Crippen molar-refractivity contribution in [2.45, 2.75) is 18.4 Å². The van der Waals surface area contributed by atoms with Crippen molar-refractivity contribution < 1.29 is 14.3 Å². The third-order valence-corrected chi connectivity index (χ3v) is 4.95. The van der Waals surface area contributed by atoms with Gasteiger partial charge in [-0.25, -0.2) is 0 Å². The molecule has 2 aliphatic heterocycles. The van der Waals surface area contributed by atoms with Gasteiger partial charge in [0.25, 0.3) is 11.8 Å². The van der Waals surface area contributed by atoms with Gasteiger partial charge in [-0.15, -0.1) is 0 Å². The van der Waals surface area contributed by atoms with E-state index in [0.717, 1.165) is 12.8 Å². The number of amides is 2. The Bertz CT molecular complexity index is 837. The molecule has 1 aromatic heterocycles. The first-order chi connectivity index (χ1) is 12.1. The number of ether oxygens (including phenoxy) is 1. The minimum absolute atomic E-state index is 0.160. The van der Waals surface area contributed by atoms with Crippen LogP contribution in [-0.2, 0) is 0 Å². The number of piperidine rings is 1. The van der Waals surface area contributed by atoms with Crippen LogP contribution in [0.1, 0.15) is 33.7 Å². The summed E-state index contributed by atoms with van der Waals surface area (Å²) in [6.45, 7) is 1.33. The fraction of sp³-hybridized carbons (Fsp3) is 0.353. The molecule has 0 radical (unpaired) electrons. The molecule has 0 saturated carbocycles. The molecule has 8 heteroatoms. The lowest BCUT2D eigenvalue weighted by Crippen LogP contribution is -2.58. The van der Waals surface area contributed by atoms with Gasteiger partial charge < -0.3 is 15.0 Å². The maximum absolute atomic E-state index is 12.7. The topological polar surface area (TPSA) is 87.3 Å². The van der Waals surface area contributed by atoms with E-state index in [2.05, 4.69) is 15.5 Å². The summed E-state index contributed by atoms with van der Waals surface area (Å²) in [5.74, 6) is 0.174. The third-order valence-electron chi connectivity index (χ3n) is 4.66. The van der Waals surface area contributed by atoms with Crippen molar-refractivity contribution in [1.29, 1.82) is 0 Å². The summed E-state index contributed by atoms with van der Waals surface area (Å²) < 4.78 is 6.25.